The van der Waals surface area contributed by atoms with E-state index in [1.54, 1.807) is 6.92 Å². The van der Waals surface area contributed by atoms with Gasteiger partial charge in [-0.25, -0.2) is 0 Å². The van der Waals surface area contributed by atoms with Crippen LogP contribution >= 0.6 is 0 Å². The van der Waals surface area contributed by atoms with E-state index in [9.17, 15) is 9.59 Å². The average molecular weight is 260 g/mol. The molecule has 0 aliphatic carbocycles. The van der Waals surface area contributed by atoms with E-state index in [4.69, 9.17) is 0 Å². The number of hydrogen-bond acceptors (Lipinski definition) is 3. The van der Waals surface area contributed by atoms with Gasteiger partial charge >= 0.3 is 0 Å². The van der Waals surface area contributed by atoms with E-state index in [2.05, 4.69) is 4.90 Å². The first-order valence-corrected chi connectivity index (χ1v) is 6.64. The number of nitrogens with zero attached hydrogens (tertiary/aromatic N) is 2. The molecule has 2 rings (SSSR count). The van der Waals surface area contributed by atoms with Crippen molar-refractivity contribution in [3.05, 3.63) is 35.4 Å². The number of rotatable bonds is 3. The third kappa shape index (κ3) is 3.64. The van der Waals surface area contributed by atoms with Gasteiger partial charge in [0.25, 0.3) is 0 Å². The number of Topliss-reactive ketones (excluding diaryl/α,β-unsaturated/α-hetero) is 1. The molecule has 1 saturated heterocycles. The molecule has 1 aliphatic heterocycles. The third-order valence-electron chi connectivity index (χ3n) is 3.52. The molecule has 0 bridgehead atoms. The average Bonchev–Trinajstić information content (AvgIpc) is 2.39. The number of piperazine rings is 1. The van der Waals surface area contributed by atoms with Crippen molar-refractivity contribution in [2.24, 2.45) is 0 Å². The predicted molar refractivity (Wildman–Crippen MR) is 74.2 cm³/mol. The Kier molecular flexibility index (Phi) is 4.32. The van der Waals surface area contributed by atoms with Crippen molar-refractivity contribution in [2.45, 2.75) is 13.8 Å². The highest BCUT2D eigenvalue weighted by Gasteiger charge is 2.20. The normalized spacial score (nSPS) is 16.4. The van der Waals surface area contributed by atoms with Gasteiger partial charge in [0.05, 0.1) is 6.54 Å². The number of amides is 1. The van der Waals surface area contributed by atoms with E-state index in [1.165, 1.54) is 0 Å². The van der Waals surface area contributed by atoms with E-state index in [0.29, 0.717) is 6.54 Å². The summed E-state index contributed by atoms with van der Waals surface area (Å²) in [7, 11) is 0. The predicted octanol–water partition coefficient (Wildman–Crippen LogP) is 1.34. The molecule has 102 valence electrons. The molecule has 0 aromatic heterocycles. The van der Waals surface area contributed by atoms with Gasteiger partial charge in [-0.1, -0.05) is 23.8 Å². The Balaban J connectivity index is 1.89. The molecular weight excluding hydrogens is 240 g/mol. The molecule has 4 heteroatoms. The summed E-state index contributed by atoms with van der Waals surface area (Å²) in [5, 5.41) is 0. The van der Waals surface area contributed by atoms with Crippen LogP contribution in [0.5, 0.6) is 0 Å². The molecule has 0 saturated carbocycles. The zero-order chi connectivity index (χ0) is 13.8. The van der Waals surface area contributed by atoms with Gasteiger partial charge in [-0.3, -0.25) is 14.5 Å². The summed E-state index contributed by atoms with van der Waals surface area (Å²) in [6, 6.07) is 7.69. The lowest BCUT2D eigenvalue weighted by atomic mass is 10.1. The van der Waals surface area contributed by atoms with Crippen LogP contribution in [0.25, 0.3) is 0 Å². The minimum Gasteiger partial charge on any atom is -0.340 e. The van der Waals surface area contributed by atoms with Crippen molar-refractivity contribution in [2.75, 3.05) is 32.7 Å². The van der Waals surface area contributed by atoms with Crippen molar-refractivity contribution in [1.29, 1.82) is 0 Å². The Morgan fingerprint density at radius 2 is 1.84 bits per heavy atom. The molecule has 0 radical (unpaired) electrons. The van der Waals surface area contributed by atoms with Crippen LogP contribution in [0.15, 0.2) is 24.3 Å². The first-order valence-electron chi connectivity index (χ1n) is 6.64. The third-order valence-corrected chi connectivity index (χ3v) is 3.52. The molecule has 1 heterocycles. The van der Waals surface area contributed by atoms with Gasteiger partial charge in [0.2, 0.25) is 5.91 Å². The molecule has 1 aromatic carbocycles. The number of aryl methyl sites for hydroxylation is 1. The van der Waals surface area contributed by atoms with E-state index in [1.807, 2.05) is 36.1 Å². The van der Waals surface area contributed by atoms with Crippen LogP contribution in [0.4, 0.5) is 0 Å². The first kappa shape index (κ1) is 13.7. The van der Waals surface area contributed by atoms with Crippen LogP contribution in [-0.4, -0.2) is 54.2 Å². The van der Waals surface area contributed by atoms with Gasteiger partial charge in [0.1, 0.15) is 0 Å². The molecule has 0 unspecified atom stereocenters. The minimum atomic E-state index is 0.115. The quantitative estimate of drug-likeness (QED) is 0.770. The maximum absolute atomic E-state index is 12.2. The Morgan fingerprint density at radius 1 is 1.16 bits per heavy atom. The largest absolute Gasteiger partial charge is 0.340 e. The summed E-state index contributed by atoms with van der Waals surface area (Å²) in [6.45, 7) is 7.01. The van der Waals surface area contributed by atoms with E-state index in [-0.39, 0.29) is 11.7 Å². The van der Waals surface area contributed by atoms with Gasteiger partial charge in [0.15, 0.2) is 5.78 Å². The fourth-order valence-corrected chi connectivity index (χ4v) is 2.33. The fraction of sp³-hybridized carbons (Fsp3) is 0.467. The summed E-state index contributed by atoms with van der Waals surface area (Å²) in [5.41, 5.74) is 1.88. The van der Waals surface area contributed by atoms with Crippen LogP contribution in [0.2, 0.25) is 0 Å². The first-order chi connectivity index (χ1) is 9.06. The second-order valence-corrected chi connectivity index (χ2v) is 5.07. The highest BCUT2D eigenvalue weighted by Crippen LogP contribution is 2.08. The highest BCUT2D eigenvalue weighted by molar-refractivity contribution is 5.97. The van der Waals surface area contributed by atoms with E-state index in [0.717, 1.165) is 37.3 Å². The van der Waals surface area contributed by atoms with Crippen LogP contribution in [-0.2, 0) is 4.79 Å². The van der Waals surface area contributed by atoms with Crippen molar-refractivity contribution in [3.63, 3.8) is 0 Å². The van der Waals surface area contributed by atoms with Crippen molar-refractivity contribution >= 4 is 11.7 Å². The Morgan fingerprint density at radius 3 is 2.42 bits per heavy atom. The number of benzene rings is 1. The molecule has 1 aliphatic rings. The maximum Gasteiger partial charge on any atom is 0.219 e. The van der Waals surface area contributed by atoms with Gasteiger partial charge in [-0.05, 0) is 13.0 Å². The SMILES string of the molecule is CC(=O)N1CCN(CC(=O)c2cccc(C)c2)CC1. The molecule has 1 amide bonds. The van der Waals surface area contributed by atoms with Gasteiger partial charge in [0, 0.05) is 38.7 Å². The summed E-state index contributed by atoms with van der Waals surface area (Å²) in [4.78, 5) is 27.3. The van der Waals surface area contributed by atoms with Gasteiger partial charge in [-0.2, -0.15) is 0 Å². The van der Waals surface area contributed by atoms with Crippen LogP contribution in [0, 0.1) is 6.92 Å². The number of carbonyl (C=O) groups is 2. The standard InChI is InChI=1S/C15H20N2O2/c1-12-4-3-5-14(10-12)15(19)11-16-6-8-17(9-7-16)13(2)18/h3-5,10H,6-9,11H2,1-2H3. The van der Waals surface area contributed by atoms with Crippen LogP contribution in [0.1, 0.15) is 22.8 Å². The van der Waals surface area contributed by atoms with Gasteiger partial charge < -0.3 is 4.90 Å². The van der Waals surface area contributed by atoms with Gasteiger partial charge in [-0.15, -0.1) is 0 Å². The van der Waals surface area contributed by atoms with E-state index < -0.39 is 0 Å². The van der Waals surface area contributed by atoms with E-state index >= 15 is 0 Å². The minimum absolute atomic E-state index is 0.115. The van der Waals surface area contributed by atoms with Crippen molar-refractivity contribution in [3.8, 4) is 0 Å². The summed E-state index contributed by atoms with van der Waals surface area (Å²) in [5.74, 6) is 0.268. The fourth-order valence-electron chi connectivity index (χ4n) is 2.33. The second-order valence-electron chi connectivity index (χ2n) is 5.07. The molecule has 1 fully saturated rings. The summed E-state index contributed by atoms with van der Waals surface area (Å²) < 4.78 is 0. The lowest BCUT2D eigenvalue weighted by Gasteiger charge is -2.33. The zero-order valence-corrected chi connectivity index (χ0v) is 11.6. The Labute approximate surface area is 114 Å². The number of ketones is 1. The topological polar surface area (TPSA) is 40.6 Å². The van der Waals surface area contributed by atoms with Crippen molar-refractivity contribution in [1.82, 2.24) is 9.80 Å². The Bertz CT molecular complexity index is 477. The lowest BCUT2D eigenvalue weighted by molar-refractivity contribution is -0.130. The molecule has 1 aromatic rings. The monoisotopic (exact) mass is 260 g/mol. The smallest absolute Gasteiger partial charge is 0.219 e. The number of hydrogen-bond donors (Lipinski definition) is 0. The second kappa shape index (κ2) is 5.97. The molecule has 0 N–H and O–H groups in total. The van der Waals surface area contributed by atoms with Crippen molar-refractivity contribution < 1.29 is 9.59 Å². The molecule has 4 nitrogen and oxygen atoms in total. The Hall–Kier alpha value is -1.68. The summed E-state index contributed by atoms with van der Waals surface area (Å²) in [6.07, 6.45) is 0. The molecule has 0 spiro atoms. The molecule has 19 heavy (non-hydrogen) atoms. The molecular formula is C15H20N2O2. The number of carbonyl (C=O) groups excluding carboxylic acids is 2. The summed E-state index contributed by atoms with van der Waals surface area (Å²) >= 11 is 0. The zero-order valence-electron chi connectivity index (χ0n) is 11.6. The highest BCUT2D eigenvalue weighted by atomic mass is 16.2. The van der Waals surface area contributed by atoms with Crippen LogP contribution in [0.3, 0.4) is 0 Å². The van der Waals surface area contributed by atoms with Crippen LogP contribution < -0.4 is 0 Å². The molecule has 0 atom stereocenters. The maximum atomic E-state index is 12.2. The lowest BCUT2D eigenvalue weighted by Crippen LogP contribution is -2.49.